The van der Waals surface area contributed by atoms with E-state index in [1.165, 1.54) is 12.1 Å². The molecule has 1 aromatic heterocycles. The van der Waals surface area contributed by atoms with Gasteiger partial charge in [0.05, 0.1) is 17.8 Å². The maximum atomic E-state index is 15.8. The predicted molar refractivity (Wildman–Crippen MR) is 243 cm³/mol. The average Bonchev–Trinajstić information content (AvgIpc) is 3.99. The topological polar surface area (TPSA) is 150 Å². The van der Waals surface area contributed by atoms with Gasteiger partial charge in [-0.25, -0.2) is 18.7 Å². The van der Waals surface area contributed by atoms with Crippen LogP contribution in [0.2, 0.25) is 0 Å². The Morgan fingerprint density at radius 2 is 1.51 bits per heavy atom. The number of piperidine rings is 3. The fraction of sp³-hybridized carbons (Fsp3) is 0.583. The van der Waals surface area contributed by atoms with E-state index < -0.39 is 29.1 Å². The van der Waals surface area contributed by atoms with Crippen LogP contribution in [0.1, 0.15) is 86.7 Å². The first-order valence-corrected chi connectivity index (χ1v) is 23.5. The highest BCUT2D eigenvalue weighted by Crippen LogP contribution is 2.42. The van der Waals surface area contributed by atoms with E-state index in [1.807, 2.05) is 18.2 Å². The number of nitrogens with one attached hydrogen (secondary N) is 3. The second-order valence-electron chi connectivity index (χ2n) is 20.6. The van der Waals surface area contributed by atoms with Crippen molar-refractivity contribution in [3.8, 4) is 0 Å². The largest absolute Gasteiger partial charge is 0.383 e. The van der Waals surface area contributed by atoms with E-state index in [1.54, 1.807) is 16.1 Å². The van der Waals surface area contributed by atoms with Gasteiger partial charge in [0.1, 0.15) is 35.6 Å². The lowest BCUT2D eigenvalue weighted by atomic mass is 9.82. The summed E-state index contributed by atoms with van der Waals surface area (Å²) in [5, 5.41) is 9.18. The van der Waals surface area contributed by atoms with Gasteiger partial charge < -0.3 is 35.1 Å². The van der Waals surface area contributed by atoms with Crippen molar-refractivity contribution in [3.05, 3.63) is 71.1 Å². The number of likely N-dealkylation sites (tertiary alicyclic amines) is 2. The first kappa shape index (κ1) is 43.5. The smallest absolute Gasteiger partial charge is 0.255 e. The molecule has 17 heteroatoms. The first-order valence-electron chi connectivity index (χ1n) is 23.5. The molecule has 6 fully saturated rings. The average molecular weight is 894 g/mol. The first-order chi connectivity index (χ1) is 31.2. The number of anilines is 4. The minimum absolute atomic E-state index is 0.0171. The van der Waals surface area contributed by atoms with Crippen LogP contribution in [0.5, 0.6) is 0 Å². The molecule has 1 unspecified atom stereocenters. The van der Waals surface area contributed by atoms with Crippen molar-refractivity contribution < 1.29 is 28.0 Å². The summed E-state index contributed by atoms with van der Waals surface area (Å²) in [5.74, 6) is -0.225. The lowest BCUT2D eigenvalue weighted by Gasteiger charge is -2.48. The summed E-state index contributed by atoms with van der Waals surface area (Å²) >= 11 is 0. The Kier molecular flexibility index (Phi) is 11.4. The van der Waals surface area contributed by atoms with Gasteiger partial charge >= 0.3 is 0 Å². The number of rotatable bonds is 10. The van der Waals surface area contributed by atoms with E-state index in [-0.39, 0.29) is 47.2 Å². The number of fused-ring (bicyclic) bond motifs is 1. The number of imide groups is 1. The minimum Gasteiger partial charge on any atom is -0.383 e. The molecule has 4 amide bonds. The normalized spacial score (nSPS) is 25.8. The number of carbonyl (C=O) groups is 4. The van der Waals surface area contributed by atoms with Gasteiger partial charge in [-0.05, 0) is 88.2 Å². The molecule has 3 aromatic rings. The number of carbonyl (C=O) groups excluding carboxylic acids is 4. The molecule has 346 valence electrons. The van der Waals surface area contributed by atoms with Crippen LogP contribution in [0.15, 0.2) is 42.7 Å². The maximum absolute atomic E-state index is 15.8. The lowest BCUT2D eigenvalue weighted by molar-refractivity contribution is -0.137. The molecule has 0 bridgehead atoms. The number of hydrogen-bond acceptors (Lipinski definition) is 12. The number of aromatic nitrogens is 2. The zero-order valence-electron chi connectivity index (χ0n) is 37.6. The Morgan fingerprint density at radius 3 is 2.29 bits per heavy atom. The quantitative estimate of drug-likeness (QED) is 0.252. The highest BCUT2D eigenvalue weighted by molar-refractivity contribution is 6.06. The lowest BCUT2D eigenvalue weighted by Crippen LogP contribution is -2.66. The van der Waals surface area contributed by atoms with E-state index >= 15 is 8.78 Å². The standard InChI is InChI=1S/C48H61F2N11O4/c1-46(2)8-15-56(16-9-46)25-32-22-36(50)39(23-35(32)49)60-27-43(63)55-48(30-60)12-19-58(20-13-48)40-24-41(53-31-52-40)59-18-11-47(29-59)10-17-57(28-47)21-14-51-37-5-3-4-33-34(37)26-61(45(33)65)38-6-7-42(62)54-44(38)64/h3-5,22-24,31,38,51H,6-21,25-30H2,1-2H3,(H,55,63)(H,54,62,64)/t38?,47-/m1/s1. The zero-order valence-corrected chi connectivity index (χ0v) is 37.6. The van der Waals surface area contributed by atoms with Gasteiger partial charge in [0, 0.05) is 112 Å². The summed E-state index contributed by atoms with van der Waals surface area (Å²) in [7, 11) is 0. The van der Waals surface area contributed by atoms with Crippen LogP contribution in [0.4, 0.5) is 31.8 Å². The van der Waals surface area contributed by atoms with Gasteiger partial charge in [0.25, 0.3) is 5.91 Å². The van der Waals surface area contributed by atoms with Crippen molar-refractivity contribution in [2.75, 3.05) is 98.6 Å². The molecule has 2 spiro atoms. The summed E-state index contributed by atoms with van der Waals surface area (Å²) in [6, 6.07) is 9.72. The van der Waals surface area contributed by atoms with E-state index in [9.17, 15) is 19.2 Å². The second-order valence-corrected chi connectivity index (χ2v) is 20.6. The van der Waals surface area contributed by atoms with Crippen molar-refractivity contribution in [3.63, 3.8) is 0 Å². The molecule has 15 nitrogen and oxygen atoms in total. The number of benzene rings is 2. The summed E-state index contributed by atoms with van der Waals surface area (Å²) < 4.78 is 31.3. The number of piperazine rings is 1. The summed E-state index contributed by atoms with van der Waals surface area (Å²) in [6.45, 7) is 14.0. The maximum Gasteiger partial charge on any atom is 0.255 e. The molecular formula is C48H61F2N11O4. The van der Waals surface area contributed by atoms with Gasteiger partial charge in [0.15, 0.2) is 0 Å². The molecule has 7 aliphatic heterocycles. The van der Waals surface area contributed by atoms with Crippen molar-refractivity contribution in [2.45, 2.75) is 89.9 Å². The van der Waals surface area contributed by atoms with Gasteiger partial charge in [-0.15, -0.1) is 0 Å². The third-order valence-corrected chi connectivity index (χ3v) is 15.6. The highest BCUT2D eigenvalue weighted by atomic mass is 19.1. The summed E-state index contributed by atoms with van der Waals surface area (Å²) in [5.41, 5.74) is 2.78. The van der Waals surface area contributed by atoms with E-state index in [0.717, 1.165) is 101 Å². The van der Waals surface area contributed by atoms with Crippen LogP contribution in [0, 0.1) is 22.5 Å². The Morgan fingerprint density at radius 1 is 0.769 bits per heavy atom. The molecule has 0 saturated carbocycles. The molecule has 8 heterocycles. The van der Waals surface area contributed by atoms with E-state index in [4.69, 9.17) is 4.98 Å². The van der Waals surface area contributed by atoms with Crippen LogP contribution in [0.3, 0.4) is 0 Å². The van der Waals surface area contributed by atoms with Crippen LogP contribution >= 0.6 is 0 Å². The Balaban J connectivity index is 0.712. The van der Waals surface area contributed by atoms with Crippen molar-refractivity contribution in [1.29, 1.82) is 0 Å². The summed E-state index contributed by atoms with van der Waals surface area (Å²) in [6.07, 6.45) is 7.73. The molecule has 65 heavy (non-hydrogen) atoms. The molecule has 10 rings (SSSR count). The second kappa shape index (κ2) is 17.1. The van der Waals surface area contributed by atoms with Gasteiger partial charge in [0.2, 0.25) is 17.7 Å². The van der Waals surface area contributed by atoms with Crippen LogP contribution in [-0.4, -0.2) is 138 Å². The Hall–Kier alpha value is -5.42. The van der Waals surface area contributed by atoms with Gasteiger partial charge in [-0.1, -0.05) is 19.9 Å². The number of halogens is 2. The molecule has 0 aliphatic carbocycles. The Bertz CT molecular complexity index is 2360. The molecule has 6 saturated heterocycles. The molecular weight excluding hydrogens is 833 g/mol. The number of amides is 4. The monoisotopic (exact) mass is 893 g/mol. The van der Waals surface area contributed by atoms with Gasteiger partial charge in [-0.2, -0.15) is 0 Å². The van der Waals surface area contributed by atoms with Crippen LogP contribution in [0.25, 0.3) is 0 Å². The van der Waals surface area contributed by atoms with Crippen molar-refractivity contribution >= 4 is 46.6 Å². The van der Waals surface area contributed by atoms with Crippen LogP contribution in [-0.2, 0) is 27.5 Å². The van der Waals surface area contributed by atoms with E-state index in [0.29, 0.717) is 63.1 Å². The number of hydrogen-bond donors (Lipinski definition) is 3. The SMILES string of the molecule is CC1(C)CCN(Cc2cc(F)c(N3CC(=O)NC4(CCN(c5cc(N6CC[C@@]7(CCN(CCNc8cccc9c8CN(C8CCC(=O)NC8=O)C9=O)C7)C6)ncn5)CC4)C3)cc2F)CC1. The Labute approximate surface area is 379 Å². The molecule has 2 atom stereocenters. The molecule has 7 aliphatic rings. The van der Waals surface area contributed by atoms with Gasteiger partial charge in [-0.3, -0.25) is 29.4 Å². The molecule has 2 aromatic carbocycles. The van der Waals surface area contributed by atoms with E-state index in [2.05, 4.69) is 60.4 Å². The number of nitrogens with zero attached hydrogens (tertiary/aromatic N) is 8. The highest BCUT2D eigenvalue weighted by Gasteiger charge is 2.45. The third-order valence-electron chi connectivity index (χ3n) is 15.6. The minimum atomic E-state index is -0.640. The molecule has 3 N–H and O–H groups in total. The zero-order chi connectivity index (χ0) is 45.1. The predicted octanol–water partition coefficient (Wildman–Crippen LogP) is 4.13. The fourth-order valence-electron chi connectivity index (χ4n) is 11.6. The molecule has 0 radical (unpaired) electrons. The van der Waals surface area contributed by atoms with Crippen LogP contribution < -0.4 is 30.7 Å². The summed E-state index contributed by atoms with van der Waals surface area (Å²) in [4.78, 5) is 72.7. The van der Waals surface area contributed by atoms with Crippen molar-refractivity contribution in [2.24, 2.45) is 10.8 Å². The third kappa shape index (κ3) is 8.85. The van der Waals surface area contributed by atoms with Crippen molar-refractivity contribution in [1.82, 2.24) is 35.3 Å². The fourth-order valence-corrected chi connectivity index (χ4v) is 11.6.